The highest BCUT2D eigenvalue weighted by molar-refractivity contribution is 7.15. The maximum absolute atomic E-state index is 13.6. The van der Waals surface area contributed by atoms with E-state index in [1.54, 1.807) is 46.9 Å². The number of carbonyl (C=O) groups is 3. The summed E-state index contributed by atoms with van der Waals surface area (Å²) in [5.41, 5.74) is 2.55. The molecule has 0 unspecified atom stereocenters. The minimum Gasteiger partial charge on any atom is -0.469 e. The first kappa shape index (κ1) is 42.6. The zero-order valence-corrected chi connectivity index (χ0v) is 35.1. The van der Waals surface area contributed by atoms with Crippen molar-refractivity contribution in [1.82, 2.24) is 9.97 Å². The minimum atomic E-state index is -1.05. The first-order valence-electron chi connectivity index (χ1n) is 20.2. The van der Waals surface area contributed by atoms with Crippen molar-refractivity contribution in [2.75, 3.05) is 28.4 Å². The van der Waals surface area contributed by atoms with Gasteiger partial charge in [-0.05, 0) is 117 Å². The number of rotatable bonds is 10. The summed E-state index contributed by atoms with van der Waals surface area (Å²) in [5.74, 6) is -3.02. The summed E-state index contributed by atoms with van der Waals surface area (Å²) in [6, 6.07) is 19.3. The molecule has 0 saturated heterocycles. The fourth-order valence-corrected chi connectivity index (χ4v) is 10.9. The molecule has 4 aromatic carbocycles. The number of hydrogen-bond acceptors (Lipinski definition) is 8. The number of esters is 1. The SMILES string of the molecule is COC(=O)C1(C2CCC(c3ncc(-c4ccc(NC(=O)Nc5cc(F)cc(F)c5)cc4)s3)CC2)CCC(c2ncc(-c3ccc(NC(=O)Nc4ccc(F)c(F)c4)cc3)s2)CC1. The van der Waals surface area contributed by atoms with Gasteiger partial charge in [0.05, 0.1) is 32.3 Å². The molecule has 16 heteroatoms. The molecule has 2 heterocycles. The number of thiazole rings is 2. The van der Waals surface area contributed by atoms with Gasteiger partial charge in [-0.3, -0.25) is 4.79 Å². The number of carbonyl (C=O) groups excluding carboxylic acids is 3. The molecule has 2 saturated carbocycles. The molecule has 0 aliphatic heterocycles. The summed E-state index contributed by atoms with van der Waals surface area (Å²) in [6.07, 6.45) is 10.5. The highest BCUT2D eigenvalue weighted by atomic mass is 32.1. The molecule has 320 valence electrons. The van der Waals surface area contributed by atoms with E-state index in [-0.39, 0.29) is 35.1 Å². The van der Waals surface area contributed by atoms with Gasteiger partial charge in [-0.2, -0.15) is 0 Å². The Balaban J connectivity index is 0.829. The van der Waals surface area contributed by atoms with Crippen molar-refractivity contribution in [3.63, 3.8) is 0 Å². The van der Waals surface area contributed by atoms with Crippen LogP contribution in [0.25, 0.3) is 20.9 Å². The van der Waals surface area contributed by atoms with E-state index in [0.717, 1.165) is 113 Å². The number of halogens is 4. The standard InChI is InChI=1S/C46H42F4N6O4S2/c1-60-43(57)46(18-16-29(17-19-46)42-52-25-40(62-42)27-4-10-33(11-5-27)53-44(58)55-35-14-15-37(49)38(50)23-35)30-8-2-28(3-9-30)41-51-24-39(61-41)26-6-12-34(13-7-26)54-45(59)56-36-21-31(47)20-32(48)22-36/h4-7,10-15,20-25,28-30H,2-3,8-9,16-19H2,1H3,(H2,53,55,58)(H2,54,56,59). The molecule has 4 amide bonds. The fraction of sp³-hybridized carbons (Fsp3) is 0.283. The Bertz CT molecular complexity index is 2550. The van der Waals surface area contributed by atoms with Gasteiger partial charge < -0.3 is 26.0 Å². The molecular weight excluding hydrogens is 841 g/mol. The number of methoxy groups -OCH3 is 1. The molecule has 8 rings (SSSR count). The summed E-state index contributed by atoms with van der Waals surface area (Å²) in [6.45, 7) is 0. The second-order valence-electron chi connectivity index (χ2n) is 15.7. The molecule has 0 radical (unpaired) electrons. The fourth-order valence-electron chi connectivity index (χ4n) is 8.70. The molecule has 4 N–H and O–H groups in total. The second-order valence-corrected chi connectivity index (χ2v) is 17.8. The van der Waals surface area contributed by atoms with Gasteiger partial charge in [-0.25, -0.2) is 37.1 Å². The van der Waals surface area contributed by atoms with Crippen LogP contribution in [0.3, 0.4) is 0 Å². The highest BCUT2D eigenvalue weighted by Gasteiger charge is 2.50. The van der Waals surface area contributed by atoms with Gasteiger partial charge in [0.2, 0.25) is 0 Å². The minimum absolute atomic E-state index is 0.00766. The Labute approximate surface area is 363 Å². The van der Waals surface area contributed by atoms with Crippen LogP contribution < -0.4 is 21.3 Å². The lowest BCUT2D eigenvalue weighted by Crippen LogP contribution is -2.43. The number of aromatic nitrogens is 2. The highest BCUT2D eigenvalue weighted by Crippen LogP contribution is 2.54. The van der Waals surface area contributed by atoms with E-state index in [1.807, 2.05) is 36.7 Å². The molecule has 2 fully saturated rings. The first-order chi connectivity index (χ1) is 29.9. The summed E-state index contributed by atoms with van der Waals surface area (Å²) < 4.78 is 59.2. The van der Waals surface area contributed by atoms with Crippen molar-refractivity contribution < 1.29 is 36.7 Å². The Morgan fingerprint density at radius 1 is 0.581 bits per heavy atom. The summed E-state index contributed by atoms with van der Waals surface area (Å²) in [7, 11) is 1.48. The van der Waals surface area contributed by atoms with Crippen LogP contribution in [0.2, 0.25) is 0 Å². The molecule has 2 aromatic heterocycles. The Kier molecular flexibility index (Phi) is 12.7. The van der Waals surface area contributed by atoms with E-state index in [4.69, 9.17) is 14.7 Å². The number of benzene rings is 4. The van der Waals surface area contributed by atoms with Gasteiger partial charge in [0.25, 0.3) is 0 Å². The van der Waals surface area contributed by atoms with Crippen molar-refractivity contribution in [2.24, 2.45) is 11.3 Å². The average Bonchev–Trinajstić information content (AvgIpc) is 3.97. The maximum Gasteiger partial charge on any atom is 0.323 e. The summed E-state index contributed by atoms with van der Waals surface area (Å²) in [4.78, 5) is 50.0. The van der Waals surface area contributed by atoms with E-state index in [9.17, 15) is 31.9 Å². The van der Waals surface area contributed by atoms with Crippen LogP contribution in [0.5, 0.6) is 0 Å². The van der Waals surface area contributed by atoms with E-state index < -0.39 is 40.7 Å². The van der Waals surface area contributed by atoms with Gasteiger partial charge in [0, 0.05) is 59.1 Å². The number of urea groups is 2. The maximum atomic E-state index is 13.6. The Hall–Kier alpha value is -6.13. The van der Waals surface area contributed by atoms with Crippen LogP contribution in [-0.2, 0) is 9.53 Å². The van der Waals surface area contributed by atoms with Crippen LogP contribution >= 0.6 is 22.7 Å². The number of anilines is 4. The molecular formula is C46H42F4N6O4S2. The molecule has 2 aliphatic rings. The largest absolute Gasteiger partial charge is 0.469 e. The van der Waals surface area contributed by atoms with Gasteiger partial charge >= 0.3 is 18.0 Å². The summed E-state index contributed by atoms with van der Waals surface area (Å²) >= 11 is 3.28. The Morgan fingerprint density at radius 2 is 1.05 bits per heavy atom. The van der Waals surface area contributed by atoms with E-state index >= 15 is 0 Å². The van der Waals surface area contributed by atoms with Crippen LogP contribution in [0.4, 0.5) is 49.9 Å². The van der Waals surface area contributed by atoms with Gasteiger partial charge in [0.15, 0.2) is 11.6 Å². The zero-order chi connectivity index (χ0) is 43.4. The Morgan fingerprint density at radius 3 is 1.55 bits per heavy atom. The van der Waals surface area contributed by atoms with Gasteiger partial charge in [0.1, 0.15) is 11.6 Å². The number of hydrogen-bond donors (Lipinski definition) is 4. The van der Waals surface area contributed by atoms with Crippen molar-refractivity contribution in [2.45, 2.75) is 63.2 Å². The van der Waals surface area contributed by atoms with Crippen molar-refractivity contribution in [3.8, 4) is 20.9 Å². The van der Waals surface area contributed by atoms with Crippen LogP contribution in [0, 0.1) is 34.6 Å². The van der Waals surface area contributed by atoms with Crippen LogP contribution in [0.15, 0.2) is 97.3 Å². The van der Waals surface area contributed by atoms with Gasteiger partial charge in [-0.15, -0.1) is 22.7 Å². The predicted octanol–water partition coefficient (Wildman–Crippen LogP) is 12.6. The quantitative estimate of drug-likeness (QED) is 0.0799. The lowest BCUT2D eigenvalue weighted by molar-refractivity contribution is -0.161. The first-order valence-corrected chi connectivity index (χ1v) is 21.9. The molecule has 6 aromatic rings. The third-order valence-electron chi connectivity index (χ3n) is 11.9. The molecule has 2 aliphatic carbocycles. The third kappa shape index (κ3) is 9.66. The van der Waals surface area contributed by atoms with E-state index in [1.165, 1.54) is 13.2 Å². The zero-order valence-electron chi connectivity index (χ0n) is 33.5. The normalized spacial score (nSPS) is 19.9. The summed E-state index contributed by atoms with van der Waals surface area (Å²) in [5, 5.41) is 12.4. The smallest absolute Gasteiger partial charge is 0.323 e. The predicted molar refractivity (Wildman–Crippen MR) is 233 cm³/mol. The van der Waals surface area contributed by atoms with E-state index in [2.05, 4.69) is 21.3 Å². The van der Waals surface area contributed by atoms with Crippen molar-refractivity contribution >= 4 is 63.5 Å². The topological polar surface area (TPSA) is 134 Å². The van der Waals surface area contributed by atoms with Gasteiger partial charge in [-0.1, -0.05) is 24.3 Å². The number of amides is 4. The third-order valence-corrected chi connectivity index (χ3v) is 14.3. The molecule has 0 bridgehead atoms. The van der Waals surface area contributed by atoms with Crippen molar-refractivity contribution in [3.05, 3.63) is 131 Å². The molecule has 0 atom stereocenters. The molecule has 62 heavy (non-hydrogen) atoms. The van der Waals surface area contributed by atoms with E-state index in [0.29, 0.717) is 11.4 Å². The number of nitrogens with one attached hydrogen (secondary N) is 4. The van der Waals surface area contributed by atoms with Crippen LogP contribution in [0.1, 0.15) is 73.2 Å². The second kappa shape index (κ2) is 18.5. The number of ether oxygens (including phenoxy) is 1. The van der Waals surface area contributed by atoms with Crippen LogP contribution in [-0.4, -0.2) is 35.1 Å². The lowest BCUT2D eigenvalue weighted by atomic mass is 9.59. The number of nitrogens with zero attached hydrogens (tertiary/aromatic N) is 2. The monoisotopic (exact) mass is 882 g/mol. The average molecular weight is 883 g/mol. The lowest BCUT2D eigenvalue weighted by Gasteiger charge is -2.45. The molecule has 0 spiro atoms. The van der Waals surface area contributed by atoms with Crippen molar-refractivity contribution in [1.29, 1.82) is 0 Å². The molecule has 10 nitrogen and oxygen atoms in total.